The Labute approximate surface area is 153 Å². The van der Waals surface area contributed by atoms with Crippen LogP contribution in [0.2, 0.25) is 0 Å². The van der Waals surface area contributed by atoms with Crippen LogP contribution in [0.1, 0.15) is 41.2 Å². The smallest absolute Gasteiger partial charge is 0.248 e. The first-order chi connectivity index (χ1) is 12.5. The van der Waals surface area contributed by atoms with E-state index in [1.807, 2.05) is 36.4 Å². The number of hydrogen-bond donors (Lipinski definition) is 3. The van der Waals surface area contributed by atoms with Crippen LogP contribution in [0.5, 0.6) is 0 Å². The Morgan fingerprint density at radius 2 is 1.77 bits per heavy atom. The molecule has 136 valence electrons. The summed E-state index contributed by atoms with van der Waals surface area (Å²) < 4.78 is 0. The number of hydrogen-bond acceptors (Lipinski definition) is 4. The van der Waals surface area contributed by atoms with Gasteiger partial charge in [-0.25, -0.2) is 0 Å². The molecule has 0 bridgehead atoms. The Morgan fingerprint density at radius 3 is 2.42 bits per heavy atom. The summed E-state index contributed by atoms with van der Waals surface area (Å²) in [4.78, 5) is 26.2. The summed E-state index contributed by atoms with van der Waals surface area (Å²) in [5, 5.41) is 2.91. The fraction of sp³-hybridized carbons (Fsp3) is 0.300. The lowest BCUT2D eigenvalue weighted by atomic mass is 10.0. The molecule has 1 atom stereocenters. The molecule has 2 amide bonds. The molecule has 0 aliphatic carbocycles. The van der Waals surface area contributed by atoms with Crippen molar-refractivity contribution in [2.75, 3.05) is 23.3 Å². The predicted molar refractivity (Wildman–Crippen MR) is 103 cm³/mol. The number of benzene rings is 2. The van der Waals surface area contributed by atoms with Crippen LogP contribution in [0.4, 0.5) is 11.4 Å². The van der Waals surface area contributed by atoms with Gasteiger partial charge in [-0.3, -0.25) is 9.59 Å². The Balaban J connectivity index is 1.77. The minimum absolute atomic E-state index is 0.157. The summed E-state index contributed by atoms with van der Waals surface area (Å²) in [6, 6.07) is 14.3. The van der Waals surface area contributed by atoms with Crippen LogP contribution in [-0.2, 0) is 4.79 Å². The van der Waals surface area contributed by atoms with E-state index in [0.29, 0.717) is 11.3 Å². The van der Waals surface area contributed by atoms with Gasteiger partial charge in [-0.1, -0.05) is 30.3 Å². The number of primary amides is 1. The van der Waals surface area contributed by atoms with E-state index in [0.717, 1.165) is 37.2 Å². The highest BCUT2D eigenvalue weighted by Crippen LogP contribution is 2.30. The Kier molecular flexibility index (Phi) is 5.53. The second kappa shape index (κ2) is 8.01. The lowest BCUT2D eigenvalue weighted by Crippen LogP contribution is -2.24. The van der Waals surface area contributed by atoms with Gasteiger partial charge in [0, 0.05) is 31.1 Å². The maximum Gasteiger partial charge on any atom is 0.248 e. The van der Waals surface area contributed by atoms with Gasteiger partial charge in [-0.15, -0.1) is 0 Å². The van der Waals surface area contributed by atoms with Crippen molar-refractivity contribution < 1.29 is 9.59 Å². The van der Waals surface area contributed by atoms with E-state index in [2.05, 4.69) is 10.2 Å². The molecule has 6 nitrogen and oxygen atoms in total. The standard InChI is InChI=1S/C20H24N4O2/c21-16(14-6-2-1-3-7-14)13-19(25)23-17-12-15(20(22)26)8-9-18(17)24-10-4-5-11-24/h1-3,6-9,12,16H,4-5,10-11,13,21H2,(H2,22,26)(H,23,25). The van der Waals surface area contributed by atoms with Crippen LogP contribution < -0.4 is 21.7 Å². The van der Waals surface area contributed by atoms with Gasteiger partial charge in [0.25, 0.3) is 0 Å². The molecule has 6 heteroatoms. The first-order valence-electron chi connectivity index (χ1n) is 8.84. The number of nitrogens with zero attached hydrogens (tertiary/aromatic N) is 1. The zero-order chi connectivity index (χ0) is 18.5. The molecule has 0 radical (unpaired) electrons. The molecule has 1 unspecified atom stereocenters. The Morgan fingerprint density at radius 1 is 1.08 bits per heavy atom. The van der Waals surface area contributed by atoms with Gasteiger partial charge in [0.1, 0.15) is 0 Å². The van der Waals surface area contributed by atoms with Gasteiger partial charge in [0.05, 0.1) is 11.4 Å². The lowest BCUT2D eigenvalue weighted by Gasteiger charge is -2.22. The van der Waals surface area contributed by atoms with E-state index in [9.17, 15) is 9.59 Å². The first kappa shape index (κ1) is 17.9. The van der Waals surface area contributed by atoms with E-state index >= 15 is 0 Å². The van der Waals surface area contributed by atoms with Crippen LogP contribution in [0.15, 0.2) is 48.5 Å². The SMILES string of the molecule is NC(=O)c1ccc(N2CCCC2)c(NC(=O)CC(N)c2ccccc2)c1. The van der Waals surface area contributed by atoms with Crippen molar-refractivity contribution in [3.8, 4) is 0 Å². The van der Waals surface area contributed by atoms with Crippen LogP contribution in [-0.4, -0.2) is 24.9 Å². The summed E-state index contributed by atoms with van der Waals surface area (Å²) in [6.45, 7) is 1.87. The lowest BCUT2D eigenvalue weighted by molar-refractivity contribution is -0.116. The largest absolute Gasteiger partial charge is 0.370 e. The van der Waals surface area contributed by atoms with Crippen molar-refractivity contribution in [3.05, 3.63) is 59.7 Å². The molecular formula is C20H24N4O2. The van der Waals surface area contributed by atoms with E-state index in [4.69, 9.17) is 11.5 Å². The van der Waals surface area contributed by atoms with Crippen LogP contribution in [0.25, 0.3) is 0 Å². The second-order valence-electron chi connectivity index (χ2n) is 6.56. The van der Waals surface area contributed by atoms with Crippen molar-refractivity contribution in [1.29, 1.82) is 0 Å². The zero-order valence-electron chi connectivity index (χ0n) is 14.7. The Bertz CT molecular complexity index is 786. The number of carbonyl (C=O) groups is 2. The average molecular weight is 352 g/mol. The summed E-state index contributed by atoms with van der Waals surface area (Å²) >= 11 is 0. The number of amides is 2. The van der Waals surface area contributed by atoms with Crippen molar-refractivity contribution >= 4 is 23.2 Å². The molecule has 26 heavy (non-hydrogen) atoms. The highest BCUT2D eigenvalue weighted by molar-refractivity contribution is 5.99. The molecule has 0 aromatic heterocycles. The first-order valence-corrected chi connectivity index (χ1v) is 8.84. The Hall–Kier alpha value is -2.86. The fourth-order valence-corrected chi connectivity index (χ4v) is 3.24. The summed E-state index contributed by atoms with van der Waals surface area (Å²) in [6.07, 6.45) is 2.39. The maximum absolute atomic E-state index is 12.5. The van der Waals surface area contributed by atoms with Gasteiger partial charge in [0.2, 0.25) is 11.8 Å². The van der Waals surface area contributed by atoms with Gasteiger partial charge in [-0.05, 0) is 36.6 Å². The number of carbonyl (C=O) groups excluding carboxylic acids is 2. The summed E-state index contributed by atoms with van der Waals surface area (Å²) in [7, 11) is 0. The van der Waals surface area contributed by atoms with Gasteiger partial charge < -0.3 is 21.7 Å². The van der Waals surface area contributed by atoms with Gasteiger partial charge >= 0.3 is 0 Å². The monoisotopic (exact) mass is 352 g/mol. The second-order valence-corrected chi connectivity index (χ2v) is 6.56. The number of anilines is 2. The molecule has 0 saturated carbocycles. The van der Waals surface area contributed by atoms with E-state index in [1.165, 1.54) is 0 Å². The molecule has 5 N–H and O–H groups in total. The fourth-order valence-electron chi connectivity index (χ4n) is 3.24. The minimum Gasteiger partial charge on any atom is -0.370 e. The molecule has 1 aliphatic heterocycles. The quantitative estimate of drug-likeness (QED) is 0.743. The van der Waals surface area contributed by atoms with Gasteiger partial charge in [-0.2, -0.15) is 0 Å². The number of rotatable bonds is 6. The highest BCUT2D eigenvalue weighted by Gasteiger charge is 2.19. The van der Waals surface area contributed by atoms with E-state index in [-0.39, 0.29) is 18.4 Å². The predicted octanol–water partition coefficient (Wildman–Crippen LogP) is 2.41. The van der Waals surface area contributed by atoms with Crippen molar-refractivity contribution in [1.82, 2.24) is 0 Å². The molecule has 1 fully saturated rings. The number of nitrogens with two attached hydrogens (primary N) is 2. The number of nitrogens with one attached hydrogen (secondary N) is 1. The molecule has 1 saturated heterocycles. The molecular weight excluding hydrogens is 328 g/mol. The summed E-state index contributed by atoms with van der Waals surface area (Å²) in [5.41, 5.74) is 14.3. The van der Waals surface area contributed by atoms with Crippen LogP contribution in [0.3, 0.4) is 0 Å². The topological polar surface area (TPSA) is 101 Å². The van der Waals surface area contributed by atoms with Crippen LogP contribution in [0, 0.1) is 0 Å². The molecule has 2 aromatic rings. The molecule has 3 rings (SSSR count). The maximum atomic E-state index is 12.5. The third-order valence-corrected chi connectivity index (χ3v) is 4.63. The van der Waals surface area contributed by atoms with Crippen molar-refractivity contribution in [3.63, 3.8) is 0 Å². The third-order valence-electron chi connectivity index (χ3n) is 4.63. The van der Waals surface area contributed by atoms with Crippen LogP contribution >= 0.6 is 0 Å². The zero-order valence-corrected chi connectivity index (χ0v) is 14.7. The molecule has 1 aliphatic rings. The minimum atomic E-state index is -0.519. The van der Waals surface area contributed by atoms with Crippen molar-refractivity contribution in [2.24, 2.45) is 11.5 Å². The molecule has 0 spiro atoms. The summed E-state index contributed by atoms with van der Waals surface area (Å²) in [5.74, 6) is -0.710. The molecule has 2 aromatic carbocycles. The molecule has 1 heterocycles. The third kappa shape index (κ3) is 4.21. The van der Waals surface area contributed by atoms with E-state index in [1.54, 1.807) is 12.1 Å². The van der Waals surface area contributed by atoms with E-state index < -0.39 is 5.91 Å². The van der Waals surface area contributed by atoms with Crippen molar-refractivity contribution in [2.45, 2.75) is 25.3 Å². The van der Waals surface area contributed by atoms with Gasteiger partial charge in [0.15, 0.2) is 0 Å². The average Bonchev–Trinajstić information content (AvgIpc) is 3.16. The highest BCUT2D eigenvalue weighted by atomic mass is 16.2. The normalized spacial score (nSPS) is 14.9.